The van der Waals surface area contributed by atoms with Crippen molar-refractivity contribution in [3.05, 3.63) is 70.6 Å². The van der Waals surface area contributed by atoms with Gasteiger partial charge in [0, 0.05) is 23.6 Å². The molecule has 3 heterocycles. The highest BCUT2D eigenvalue weighted by molar-refractivity contribution is 7.13. The summed E-state index contributed by atoms with van der Waals surface area (Å²) in [4.78, 5) is 21.5. The Morgan fingerprint density at radius 2 is 2.16 bits per heavy atom. The number of nitrogens with zero attached hydrogens (tertiary/aromatic N) is 2. The number of Topliss-reactive ketones (excluding diaryl/α,β-unsaturated/α-hetero) is 1. The van der Waals surface area contributed by atoms with Crippen LogP contribution in [-0.2, 0) is 0 Å². The maximum absolute atomic E-state index is 13.5. The summed E-state index contributed by atoms with van der Waals surface area (Å²) < 4.78 is 19.1. The van der Waals surface area contributed by atoms with Gasteiger partial charge in [0.05, 0.1) is 23.6 Å². The number of pyridine rings is 1. The number of aromatic nitrogens is 2. The molecule has 0 aliphatic carbocycles. The molecule has 1 aliphatic rings. The number of rotatable bonds is 2. The molecule has 0 atom stereocenters. The average molecular weight is 352 g/mol. The highest BCUT2D eigenvalue weighted by Crippen LogP contribution is 2.29. The number of fused-ring (bicyclic) bond motifs is 1. The lowest BCUT2D eigenvalue weighted by Gasteiger charge is -2.04. The smallest absolute Gasteiger partial charge is 0.193 e. The highest BCUT2D eigenvalue weighted by Gasteiger charge is 2.22. The Labute approximate surface area is 147 Å². The lowest BCUT2D eigenvalue weighted by molar-refractivity contribution is 0.103. The SMILES string of the molecule is O=C1/C(=C/c2csc(-c3ccccn3)n2)CCOc2ccc(F)cc21. The third kappa shape index (κ3) is 3.21. The third-order valence-corrected chi connectivity index (χ3v) is 4.72. The predicted molar refractivity (Wildman–Crippen MR) is 94.2 cm³/mol. The maximum atomic E-state index is 13.5. The number of benzene rings is 1. The van der Waals surface area contributed by atoms with E-state index >= 15 is 0 Å². The zero-order chi connectivity index (χ0) is 17.2. The Bertz CT molecular complexity index is 967. The van der Waals surface area contributed by atoms with Gasteiger partial charge in [0.2, 0.25) is 0 Å². The van der Waals surface area contributed by atoms with Gasteiger partial charge < -0.3 is 4.74 Å². The van der Waals surface area contributed by atoms with Gasteiger partial charge >= 0.3 is 0 Å². The van der Waals surface area contributed by atoms with Crippen LogP contribution in [0.15, 0.2) is 53.5 Å². The molecule has 2 aromatic heterocycles. The Hall–Kier alpha value is -2.86. The molecule has 0 N–H and O–H groups in total. The summed E-state index contributed by atoms with van der Waals surface area (Å²) in [6.45, 7) is 0.368. The first-order valence-corrected chi connectivity index (χ1v) is 8.63. The van der Waals surface area contributed by atoms with E-state index in [2.05, 4.69) is 9.97 Å². The van der Waals surface area contributed by atoms with Gasteiger partial charge in [-0.15, -0.1) is 11.3 Å². The van der Waals surface area contributed by atoms with E-state index in [1.165, 1.54) is 29.5 Å². The van der Waals surface area contributed by atoms with E-state index in [1.807, 2.05) is 23.6 Å². The summed E-state index contributed by atoms with van der Waals surface area (Å²) in [6, 6.07) is 9.64. The normalized spacial score (nSPS) is 15.6. The molecule has 1 aromatic carbocycles. The Balaban J connectivity index is 1.67. The van der Waals surface area contributed by atoms with Crippen LogP contribution in [0.1, 0.15) is 22.5 Å². The second-order valence-electron chi connectivity index (χ2n) is 5.53. The second kappa shape index (κ2) is 6.57. The third-order valence-electron chi connectivity index (χ3n) is 3.83. The molecule has 0 amide bonds. The molecule has 4 nitrogen and oxygen atoms in total. The molecule has 0 unspecified atom stereocenters. The maximum Gasteiger partial charge on any atom is 0.193 e. The van der Waals surface area contributed by atoms with Crippen LogP contribution in [0, 0.1) is 5.82 Å². The van der Waals surface area contributed by atoms with E-state index in [4.69, 9.17) is 4.74 Å². The van der Waals surface area contributed by atoms with Gasteiger partial charge in [0.25, 0.3) is 0 Å². The van der Waals surface area contributed by atoms with Gasteiger partial charge in [-0.1, -0.05) is 6.07 Å². The van der Waals surface area contributed by atoms with Gasteiger partial charge in [0.15, 0.2) is 5.78 Å². The molecule has 1 aliphatic heterocycles. The van der Waals surface area contributed by atoms with Crippen LogP contribution >= 0.6 is 11.3 Å². The molecular formula is C19H13FN2O2S. The Morgan fingerprint density at radius 3 is 3.00 bits per heavy atom. The van der Waals surface area contributed by atoms with Crippen molar-refractivity contribution < 1.29 is 13.9 Å². The van der Waals surface area contributed by atoms with Gasteiger partial charge in [-0.25, -0.2) is 9.37 Å². The van der Waals surface area contributed by atoms with Crippen molar-refractivity contribution in [3.63, 3.8) is 0 Å². The standard InChI is InChI=1S/C19H13FN2O2S/c20-13-4-5-17-15(10-13)18(23)12(6-8-24-17)9-14-11-25-19(22-14)16-3-1-2-7-21-16/h1-5,7,9-11H,6,8H2/b12-9+. The molecular weight excluding hydrogens is 339 g/mol. The van der Waals surface area contributed by atoms with E-state index in [0.29, 0.717) is 30.0 Å². The summed E-state index contributed by atoms with van der Waals surface area (Å²) in [6.07, 6.45) is 3.91. The first-order valence-electron chi connectivity index (χ1n) is 7.75. The molecule has 0 radical (unpaired) electrons. The summed E-state index contributed by atoms with van der Waals surface area (Å²) in [5, 5.41) is 2.67. The molecule has 6 heteroatoms. The fourth-order valence-corrected chi connectivity index (χ4v) is 3.39. The monoisotopic (exact) mass is 352 g/mol. The van der Waals surface area contributed by atoms with Crippen molar-refractivity contribution >= 4 is 23.2 Å². The Morgan fingerprint density at radius 1 is 1.24 bits per heavy atom. The number of hydrogen-bond acceptors (Lipinski definition) is 5. The number of hydrogen-bond donors (Lipinski definition) is 0. The quantitative estimate of drug-likeness (QED) is 0.642. The second-order valence-corrected chi connectivity index (χ2v) is 6.39. The number of thiazole rings is 1. The number of halogens is 1. The predicted octanol–water partition coefficient (Wildman–Crippen LogP) is 4.39. The van der Waals surface area contributed by atoms with Crippen molar-refractivity contribution in [3.8, 4) is 16.5 Å². The molecule has 0 saturated heterocycles. The van der Waals surface area contributed by atoms with E-state index in [0.717, 1.165) is 10.7 Å². The zero-order valence-corrected chi connectivity index (χ0v) is 13.9. The van der Waals surface area contributed by atoms with Gasteiger partial charge in [-0.05, 0) is 36.4 Å². The minimum absolute atomic E-state index is 0.223. The minimum atomic E-state index is -0.456. The number of ketones is 1. The molecule has 0 saturated carbocycles. The minimum Gasteiger partial charge on any atom is -0.492 e. The molecule has 25 heavy (non-hydrogen) atoms. The van der Waals surface area contributed by atoms with Crippen LogP contribution in [0.2, 0.25) is 0 Å². The van der Waals surface area contributed by atoms with Crippen LogP contribution in [0.3, 0.4) is 0 Å². The molecule has 124 valence electrons. The number of carbonyl (C=O) groups excluding carboxylic acids is 1. The van der Waals surface area contributed by atoms with Crippen molar-refractivity contribution in [2.24, 2.45) is 0 Å². The summed E-state index contributed by atoms with van der Waals surface area (Å²) in [5.74, 6) is -0.260. The van der Waals surface area contributed by atoms with Crippen LogP contribution in [-0.4, -0.2) is 22.4 Å². The summed E-state index contributed by atoms with van der Waals surface area (Å²) >= 11 is 1.46. The van der Waals surface area contributed by atoms with Crippen molar-refractivity contribution in [1.29, 1.82) is 0 Å². The van der Waals surface area contributed by atoms with Crippen molar-refractivity contribution in [1.82, 2.24) is 9.97 Å². The van der Waals surface area contributed by atoms with Crippen molar-refractivity contribution in [2.75, 3.05) is 6.61 Å². The van der Waals surface area contributed by atoms with E-state index in [-0.39, 0.29) is 11.3 Å². The fraction of sp³-hybridized carbons (Fsp3) is 0.105. The zero-order valence-electron chi connectivity index (χ0n) is 13.1. The van der Waals surface area contributed by atoms with E-state index < -0.39 is 5.82 Å². The first kappa shape index (κ1) is 15.7. The largest absolute Gasteiger partial charge is 0.492 e. The van der Waals surface area contributed by atoms with E-state index in [1.54, 1.807) is 12.3 Å². The van der Waals surface area contributed by atoms with Crippen LogP contribution in [0.25, 0.3) is 16.8 Å². The van der Waals surface area contributed by atoms with Gasteiger partial charge in [-0.2, -0.15) is 0 Å². The number of ether oxygens (including phenoxy) is 1. The summed E-state index contributed by atoms with van der Waals surface area (Å²) in [7, 11) is 0. The molecule has 4 rings (SSSR count). The van der Waals surface area contributed by atoms with Crippen LogP contribution in [0.4, 0.5) is 4.39 Å². The average Bonchev–Trinajstić information content (AvgIpc) is 3.05. The van der Waals surface area contributed by atoms with Gasteiger partial charge in [0.1, 0.15) is 16.6 Å². The lowest BCUT2D eigenvalue weighted by atomic mass is 10.0. The summed E-state index contributed by atoms with van der Waals surface area (Å²) in [5.41, 5.74) is 2.29. The lowest BCUT2D eigenvalue weighted by Crippen LogP contribution is -2.02. The molecule has 0 fully saturated rings. The van der Waals surface area contributed by atoms with E-state index in [9.17, 15) is 9.18 Å². The molecule has 0 spiro atoms. The highest BCUT2D eigenvalue weighted by atomic mass is 32.1. The number of carbonyl (C=O) groups is 1. The fourth-order valence-electron chi connectivity index (χ4n) is 2.64. The van der Waals surface area contributed by atoms with Crippen LogP contribution < -0.4 is 4.74 Å². The van der Waals surface area contributed by atoms with Crippen molar-refractivity contribution in [2.45, 2.75) is 6.42 Å². The van der Waals surface area contributed by atoms with Crippen LogP contribution in [0.5, 0.6) is 5.75 Å². The molecule has 3 aromatic rings. The first-order chi connectivity index (χ1) is 12.2. The van der Waals surface area contributed by atoms with Gasteiger partial charge in [-0.3, -0.25) is 9.78 Å². The topological polar surface area (TPSA) is 52.1 Å². The Kier molecular flexibility index (Phi) is 4.11. The molecule has 0 bridgehead atoms.